The summed E-state index contributed by atoms with van der Waals surface area (Å²) in [6.07, 6.45) is 0.842. The van der Waals surface area contributed by atoms with Gasteiger partial charge in [0.05, 0.1) is 13.2 Å². The van der Waals surface area contributed by atoms with E-state index in [-0.39, 0.29) is 12.6 Å². The molecule has 0 atom stereocenters. The number of aryl methyl sites for hydroxylation is 2. The average Bonchev–Trinajstić information content (AvgIpc) is 3.31. The van der Waals surface area contributed by atoms with Crippen LogP contribution in [0.1, 0.15) is 42.8 Å². The van der Waals surface area contributed by atoms with E-state index in [1.54, 1.807) is 6.92 Å². The normalized spacial score (nSPS) is 10.7. The number of nitrogens with zero attached hydrogens (tertiary/aromatic N) is 1. The summed E-state index contributed by atoms with van der Waals surface area (Å²) < 4.78 is 28.9. The molecule has 7 nitrogen and oxygen atoms in total. The largest absolute Gasteiger partial charge is 0.493 e. The summed E-state index contributed by atoms with van der Waals surface area (Å²) in [5.41, 5.74) is 3.52. The molecule has 0 unspecified atom stereocenters. The van der Waals surface area contributed by atoms with Crippen molar-refractivity contribution in [2.24, 2.45) is 0 Å². The van der Waals surface area contributed by atoms with Crippen molar-refractivity contribution in [3.8, 4) is 28.7 Å². The van der Waals surface area contributed by atoms with Crippen molar-refractivity contribution in [3.05, 3.63) is 95.4 Å². The molecule has 1 heterocycles. The zero-order valence-electron chi connectivity index (χ0n) is 22.1. The van der Waals surface area contributed by atoms with Crippen molar-refractivity contribution >= 4 is 5.97 Å². The zero-order valence-corrected chi connectivity index (χ0v) is 22.1. The number of hydrogen-bond acceptors (Lipinski definition) is 7. The highest BCUT2D eigenvalue weighted by atomic mass is 16.5. The molecule has 38 heavy (non-hydrogen) atoms. The first-order chi connectivity index (χ1) is 18.6. The Hall–Kier alpha value is -4.26. The van der Waals surface area contributed by atoms with E-state index in [2.05, 4.69) is 4.98 Å². The molecule has 3 aromatic carbocycles. The minimum absolute atomic E-state index is 0.219. The van der Waals surface area contributed by atoms with Gasteiger partial charge in [0.1, 0.15) is 41.9 Å². The molecule has 0 amide bonds. The third-order valence-corrected chi connectivity index (χ3v) is 5.89. The molecule has 1 aromatic heterocycles. The van der Waals surface area contributed by atoms with Gasteiger partial charge in [-0.05, 0) is 57.0 Å². The molecule has 7 heteroatoms. The predicted molar refractivity (Wildman–Crippen MR) is 144 cm³/mol. The number of esters is 1. The summed E-state index contributed by atoms with van der Waals surface area (Å²) in [7, 11) is 0. The maximum Gasteiger partial charge on any atom is 0.306 e. The summed E-state index contributed by atoms with van der Waals surface area (Å²) in [5.74, 6) is 3.17. The number of carbonyl (C=O) groups is 1. The van der Waals surface area contributed by atoms with Crippen LogP contribution < -0.4 is 14.2 Å². The molecule has 0 aliphatic rings. The lowest BCUT2D eigenvalue weighted by atomic mass is 10.1. The molecule has 0 bridgehead atoms. The van der Waals surface area contributed by atoms with Crippen LogP contribution >= 0.6 is 0 Å². The molecule has 0 fully saturated rings. The van der Waals surface area contributed by atoms with Gasteiger partial charge in [0, 0.05) is 23.6 Å². The summed E-state index contributed by atoms with van der Waals surface area (Å²) in [6.45, 7) is 7.10. The topological polar surface area (TPSA) is 80.0 Å². The van der Waals surface area contributed by atoms with Crippen LogP contribution in [0, 0.1) is 6.92 Å². The number of aromatic nitrogens is 1. The third-order valence-electron chi connectivity index (χ3n) is 5.89. The third kappa shape index (κ3) is 7.16. The first-order valence-electron chi connectivity index (χ1n) is 12.8. The molecule has 0 aliphatic carbocycles. The number of carbonyl (C=O) groups excluding carboxylic acids is 1. The van der Waals surface area contributed by atoms with Crippen LogP contribution in [0.15, 0.2) is 77.2 Å². The minimum atomic E-state index is -0.219. The van der Waals surface area contributed by atoms with E-state index in [4.69, 9.17) is 23.4 Å². The standard InChI is InChI=1S/C31H33NO6/c1-4-34-29-19-26(17-15-23(29)16-18-30(33)35-5-2)36-20-25-13-9-10-14-28(25)37-21-27-22(3)38-31(32-27)24-11-7-6-8-12-24/h6-15,17,19H,4-5,16,18,20-21H2,1-3H3. The summed E-state index contributed by atoms with van der Waals surface area (Å²) in [6, 6.07) is 23.2. The van der Waals surface area contributed by atoms with Crippen molar-refractivity contribution in [2.45, 2.75) is 46.8 Å². The summed E-state index contributed by atoms with van der Waals surface area (Å²) in [5, 5.41) is 0. The highest BCUT2D eigenvalue weighted by Gasteiger charge is 2.14. The number of rotatable bonds is 13. The minimum Gasteiger partial charge on any atom is -0.493 e. The molecular weight excluding hydrogens is 482 g/mol. The van der Waals surface area contributed by atoms with Crippen molar-refractivity contribution < 1.29 is 28.2 Å². The maximum absolute atomic E-state index is 11.8. The molecule has 0 N–H and O–H groups in total. The van der Waals surface area contributed by atoms with Crippen LogP contribution in [0.25, 0.3) is 11.5 Å². The van der Waals surface area contributed by atoms with Crippen LogP contribution in [0.5, 0.6) is 17.2 Å². The first kappa shape index (κ1) is 26.8. The lowest BCUT2D eigenvalue weighted by Crippen LogP contribution is -2.06. The number of oxazole rings is 1. The fraction of sp³-hybridized carbons (Fsp3) is 0.290. The van der Waals surface area contributed by atoms with Gasteiger partial charge >= 0.3 is 5.97 Å². The second-order valence-corrected chi connectivity index (χ2v) is 8.58. The van der Waals surface area contributed by atoms with Gasteiger partial charge in [0.25, 0.3) is 0 Å². The summed E-state index contributed by atoms with van der Waals surface area (Å²) in [4.78, 5) is 16.4. The molecule has 4 aromatic rings. The van der Waals surface area contributed by atoms with Gasteiger partial charge in [-0.1, -0.05) is 42.5 Å². The van der Waals surface area contributed by atoms with Crippen LogP contribution in [-0.4, -0.2) is 24.2 Å². The van der Waals surface area contributed by atoms with Crippen molar-refractivity contribution in [1.82, 2.24) is 4.98 Å². The smallest absolute Gasteiger partial charge is 0.306 e. The second-order valence-electron chi connectivity index (χ2n) is 8.58. The van der Waals surface area contributed by atoms with Crippen LogP contribution in [0.4, 0.5) is 0 Å². The molecular formula is C31H33NO6. The SMILES string of the molecule is CCOC(=O)CCc1ccc(OCc2ccccc2OCc2nc(-c3ccccc3)oc2C)cc1OCC. The van der Waals surface area contributed by atoms with Gasteiger partial charge in [0.2, 0.25) is 5.89 Å². The van der Waals surface area contributed by atoms with Gasteiger partial charge < -0.3 is 23.4 Å². The first-order valence-corrected chi connectivity index (χ1v) is 12.8. The highest BCUT2D eigenvalue weighted by molar-refractivity contribution is 5.69. The van der Waals surface area contributed by atoms with E-state index >= 15 is 0 Å². The number of para-hydroxylation sites is 1. The molecule has 0 spiro atoms. The van der Waals surface area contributed by atoms with Gasteiger partial charge in [-0.3, -0.25) is 4.79 Å². The molecule has 0 saturated heterocycles. The Labute approximate surface area is 223 Å². The second kappa shape index (κ2) is 13.3. The van der Waals surface area contributed by atoms with Crippen molar-refractivity contribution in [2.75, 3.05) is 13.2 Å². The van der Waals surface area contributed by atoms with Crippen LogP contribution in [-0.2, 0) is 29.2 Å². The Balaban J connectivity index is 1.40. The molecule has 0 radical (unpaired) electrons. The zero-order chi connectivity index (χ0) is 26.7. The molecule has 0 aliphatic heterocycles. The monoisotopic (exact) mass is 515 g/mol. The number of benzene rings is 3. The average molecular weight is 516 g/mol. The van der Waals surface area contributed by atoms with E-state index < -0.39 is 0 Å². The van der Waals surface area contributed by atoms with Gasteiger partial charge in [-0.2, -0.15) is 0 Å². The maximum atomic E-state index is 11.8. The van der Waals surface area contributed by atoms with E-state index in [9.17, 15) is 4.79 Å². The Morgan fingerprint density at radius 1 is 0.816 bits per heavy atom. The fourth-order valence-electron chi connectivity index (χ4n) is 3.93. The van der Waals surface area contributed by atoms with Crippen molar-refractivity contribution in [1.29, 1.82) is 0 Å². The highest BCUT2D eigenvalue weighted by Crippen LogP contribution is 2.29. The van der Waals surface area contributed by atoms with Crippen LogP contribution in [0.3, 0.4) is 0 Å². The van der Waals surface area contributed by atoms with Gasteiger partial charge in [0.15, 0.2) is 0 Å². The van der Waals surface area contributed by atoms with E-state index in [1.807, 2.05) is 86.6 Å². The number of ether oxygens (including phenoxy) is 4. The fourth-order valence-corrected chi connectivity index (χ4v) is 3.93. The molecule has 4 rings (SSSR count). The molecule has 0 saturated carbocycles. The number of hydrogen-bond donors (Lipinski definition) is 0. The van der Waals surface area contributed by atoms with E-state index in [1.165, 1.54) is 0 Å². The van der Waals surface area contributed by atoms with E-state index in [0.717, 1.165) is 28.1 Å². The Kier molecular flexibility index (Phi) is 9.40. The Morgan fingerprint density at radius 3 is 2.39 bits per heavy atom. The lowest BCUT2D eigenvalue weighted by molar-refractivity contribution is -0.143. The van der Waals surface area contributed by atoms with E-state index in [0.29, 0.717) is 55.8 Å². The van der Waals surface area contributed by atoms with Crippen molar-refractivity contribution in [3.63, 3.8) is 0 Å². The lowest BCUT2D eigenvalue weighted by Gasteiger charge is -2.14. The molecule has 198 valence electrons. The van der Waals surface area contributed by atoms with Gasteiger partial charge in [-0.25, -0.2) is 4.98 Å². The quantitative estimate of drug-likeness (QED) is 0.183. The van der Waals surface area contributed by atoms with Crippen LogP contribution in [0.2, 0.25) is 0 Å². The Morgan fingerprint density at radius 2 is 1.61 bits per heavy atom. The van der Waals surface area contributed by atoms with Gasteiger partial charge in [-0.15, -0.1) is 0 Å². The predicted octanol–water partition coefficient (Wildman–Crippen LogP) is 6.70. The summed E-state index contributed by atoms with van der Waals surface area (Å²) >= 11 is 0. The Bertz CT molecular complexity index is 1330.